The molecule has 0 atom stereocenters. The first-order valence-corrected chi connectivity index (χ1v) is 5.16. The van der Waals surface area contributed by atoms with Crippen LogP contribution in [0.5, 0.6) is 0 Å². The lowest BCUT2D eigenvalue weighted by Gasteiger charge is -2.20. The number of unbranched alkanes of at least 4 members (excludes halogenated alkanes) is 1. The van der Waals surface area contributed by atoms with Crippen molar-refractivity contribution in [2.45, 2.75) is 19.8 Å². The molecule has 0 aliphatic rings. The van der Waals surface area contributed by atoms with Crippen molar-refractivity contribution < 1.29 is 14.7 Å². The molecule has 5 heteroatoms. The van der Waals surface area contributed by atoms with Crippen LogP contribution in [-0.2, 0) is 9.59 Å². The van der Waals surface area contributed by atoms with Gasteiger partial charge in [0.05, 0.1) is 6.61 Å². The summed E-state index contributed by atoms with van der Waals surface area (Å²) in [5.74, 6) is -1.08. The van der Waals surface area contributed by atoms with Crippen molar-refractivity contribution in [2.24, 2.45) is 0 Å². The van der Waals surface area contributed by atoms with E-state index in [1.165, 1.54) is 16.8 Å². The van der Waals surface area contributed by atoms with Crippen molar-refractivity contribution in [2.75, 3.05) is 33.8 Å². The van der Waals surface area contributed by atoms with Crippen molar-refractivity contribution >= 4 is 11.8 Å². The fraction of sp³-hybridized carbons (Fsp3) is 0.800. The Bertz CT molecular complexity index is 219. The molecule has 0 spiro atoms. The normalized spacial score (nSPS) is 9.87. The summed E-state index contributed by atoms with van der Waals surface area (Å²) >= 11 is 0. The second kappa shape index (κ2) is 7.23. The number of hydrogen-bond donors (Lipinski definition) is 1. The summed E-state index contributed by atoms with van der Waals surface area (Å²) in [5, 5.41) is 8.63. The minimum absolute atomic E-state index is 0.131. The number of aliphatic hydroxyl groups is 1. The van der Waals surface area contributed by atoms with Gasteiger partial charge in [-0.3, -0.25) is 9.59 Å². The van der Waals surface area contributed by atoms with Crippen LogP contribution in [0.25, 0.3) is 0 Å². The zero-order valence-electron chi connectivity index (χ0n) is 9.69. The predicted octanol–water partition coefficient (Wildman–Crippen LogP) is -0.304. The number of carbonyl (C=O) groups excluding carboxylic acids is 2. The zero-order chi connectivity index (χ0) is 11.8. The number of carbonyl (C=O) groups is 2. The standard InChI is InChI=1S/C10H20N2O3/c1-4-5-6-11(2)9(14)10(15)12(3)7-8-13/h13H,4-8H2,1-3H3. The zero-order valence-corrected chi connectivity index (χ0v) is 9.69. The number of hydrogen-bond acceptors (Lipinski definition) is 3. The second-order valence-corrected chi connectivity index (χ2v) is 3.53. The third kappa shape index (κ3) is 4.78. The maximum Gasteiger partial charge on any atom is 0.311 e. The van der Waals surface area contributed by atoms with Gasteiger partial charge in [0.1, 0.15) is 0 Å². The maximum atomic E-state index is 11.5. The Labute approximate surface area is 90.7 Å². The van der Waals surface area contributed by atoms with Gasteiger partial charge in [-0.25, -0.2) is 0 Å². The molecule has 2 amide bonds. The van der Waals surface area contributed by atoms with E-state index in [1.807, 2.05) is 6.92 Å². The van der Waals surface area contributed by atoms with E-state index in [1.54, 1.807) is 7.05 Å². The Kier molecular flexibility index (Phi) is 6.70. The molecule has 0 heterocycles. The van der Waals surface area contributed by atoms with Crippen LogP contribution in [-0.4, -0.2) is 60.5 Å². The van der Waals surface area contributed by atoms with Gasteiger partial charge in [-0.05, 0) is 6.42 Å². The van der Waals surface area contributed by atoms with E-state index in [2.05, 4.69) is 0 Å². The van der Waals surface area contributed by atoms with Crippen molar-refractivity contribution in [1.82, 2.24) is 9.80 Å². The first-order chi connectivity index (χ1) is 7.04. The average molecular weight is 216 g/mol. The fourth-order valence-electron chi connectivity index (χ4n) is 1.07. The van der Waals surface area contributed by atoms with E-state index in [0.717, 1.165) is 12.8 Å². The van der Waals surface area contributed by atoms with Gasteiger partial charge in [-0.1, -0.05) is 13.3 Å². The van der Waals surface area contributed by atoms with Gasteiger partial charge in [-0.15, -0.1) is 0 Å². The van der Waals surface area contributed by atoms with Gasteiger partial charge in [-0.2, -0.15) is 0 Å². The van der Waals surface area contributed by atoms with Gasteiger partial charge < -0.3 is 14.9 Å². The lowest BCUT2D eigenvalue weighted by Crippen LogP contribution is -2.43. The lowest BCUT2D eigenvalue weighted by atomic mass is 10.3. The SMILES string of the molecule is CCCCN(C)C(=O)C(=O)N(C)CCO. The molecule has 0 bridgehead atoms. The fourth-order valence-corrected chi connectivity index (χ4v) is 1.07. The van der Waals surface area contributed by atoms with Crippen LogP contribution in [0.3, 0.4) is 0 Å². The molecule has 0 aliphatic carbocycles. The lowest BCUT2D eigenvalue weighted by molar-refractivity contribution is -0.150. The molecule has 88 valence electrons. The van der Waals surface area contributed by atoms with E-state index in [0.29, 0.717) is 6.54 Å². The first kappa shape index (κ1) is 13.9. The molecule has 0 radical (unpaired) electrons. The van der Waals surface area contributed by atoms with E-state index in [4.69, 9.17) is 5.11 Å². The summed E-state index contributed by atoms with van der Waals surface area (Å²) in [5.41, 5.74) is 0. The molecule has 0 aromatic rings. The predicted molar refractivity (Wildman–Crippen MR) is 57.3 cm³/mol. The van der Waals surface area contributed by atoms with Gasteiger partial charge in [0.25, 0.3) is 0 Å². The highest BCUT2D eigenvalue weighted by Crippen LogP contribution is 1.95. The van der Waals surface area contributed by atoms with Crippen LogP contribution >= 0.6 is 0 Å². The van der Waals surface area contributed by atoms with E-state index in [9.17, 15) is 9.59 Å². The molecule has 0 rings (SSSR count). The quantitative estimate of drug-likeness (QED) is 0.642. The molecule has 0 unspecified atom stereocenters. The molecule has 0 aromatic carbocycles. The van der Waals surface area contributed by atoms with Crippen LogP contribution in [0, 0.1) is 0 Å². The summed E-state index contributed by atoms with van der Waals surface area (Å²) in [6, 6.07) is 0. The van der Waals surface area contributed by atoms with Crippen molar-refractivity contribution in [3.05, 3.63) is 0 Å². The van der Waals surface area contributed by atoms with Crippen LogP contribution in [0.15, 0.2) is 0 Å². The number of amides is 2. The number of rotatable bonds is 5. The Balaban J connectivity index is 4.12. The second-order valence-electron chi connectivity index (χ2n) is 3.53. The maximum absolute atomic E-state index is 11.5. The van der Waals surface area contributed by atoms with Crippen LogP contribution in [0.4, 0.5) is 0 Å². The molecule has 0 saturated carbocycles. The highest BCUT2D eigenvalue weighted by Gasteiger charge is 2.21. The Morgan fingerprint density at radius 2 is 1.53 bits per heavy atom. The molecular formula is C10H20N2O3. The van der Waals surface area contributed by atoms with Gasteiger partial charge >= 0.3 is 11.8 Å². The summed E-state index contributed by atoms with van der Waals surface area (Å²) < 4.78 is 0. The van der Waals surface area contributed by atoms with Crippen molar-refractivity contribution in [1.29, 1.82) is 0 Å². The number of likely N-dealkylation sites (N-methyl/N-ethyl adjacent to an activating group) is 2. The van der Waals surface area contributed by atoms with Crippen LogP contribution in [0.2, 0.25) is 0 Å². The third-order valence-corrected chi connectivity index (χ3v) is 2.16. The highest BCUT2D eigenvalue weighted by atomic mass is 16.3. The average Bonchev–Trinajstić information content (AvgIpc) is 2.24. The van der Waals surface area contributed by atoms with Crippen LogP contribution in [0.1, 0.15) is 19.8 Å². The third-order valence-electron chi connectivity index (χ3n) is 2.16. The molecule has 0 fully saturated rings. The van der Waals surface area contributed by atoms with Crippen LogP contribution < -0.4 is 0 Å². The molecule has 5 nitrogen and oxygen atoms in total. The van der Waals surface area contributed by atoms with Crippen molar-refractivity contribution in [3.8, 4) is 0 Å². The Hall–Kier alpha value is -1.10. The summed E-state index contributed by atoms with van der Waals surface area (Å²) in [7, 11) is 3.12. The molecular weight excluding hydrogens is 196 g/mol. The first-order valence-electron chi connectivity index (χ1n) is 5.16. The summed E-state index contributed by atoms with van der Waals surface area (Å²) in [6.07, 6.45) is 1.87. The van der Waals surface area contributed by atoms with E-state index < -0.39 is 11.8 Å². The molecule has 15 heavy (non-hydrogen) atoms. The topological polar surface area (TPSA) is 60.9 Å². The molecule has 0 aliphatic heterocycles. The minimum atomic E-state index is -0.567. The van der Waals surface area contributed by atoms with E-state index in [-0.39, 0.29) is 13.2 Å². The highest BCUT2D eigenvalue weighted by molar-refractivity contribution is 6.34. The molecule has 0 saturated heterocycles. The molecule has 1 N–H and O–H groups in total. The molecule has 0 aromatic heterocycles. The Morgan fingerprint density at radius 3 is 1.93 bits per heavy atom. The number of aliphatic hydroxyl groups excluding tert-OH is 1. The monoisotopic (exact) mass is 216 g/mol. The van der Waals surface area contributed by atoms with Gasteiger partial charge in [0.15, 0.2) is 0 Å². The number of nitrogens with zero attached hydrogens (tertiary/aromatic N) is 2. The van der Waals surface area contributed by atoms with Gasteiger partial charge in [0, 0.05) is 27.2 Å². The van der Waals surface area contributed by atoms with Crippen molar-refractivity contribution in [3.63, 3.8) is 0 Å². The largest absolute Gasteiger partial charge is 0.395 e. The van der Waals surface area contributed by atoms with Gasteiger partial charge in [0.2, 0.25) is 0 Å². The smallest absolute Gasteiger partial charge is 0.311 e. The summed E-state index contributed by atoms with van der Waals surface area (Å²) in [4.78, 5) is 25.6. The Morgan fingerprint density at radius 1 is 1.07 bits per heavy atom. The van der Waals surface area contributed by atoms with E-state index >= 15 is 0 Å². The minimum Gasteiger partial charge on any atom is -0.395 e. The summed E-state index contributed by atoms with van der Waals surface area (Å²) in [6.45, 7) is 2.67.